The molecule has 0 bridgehead atoms. The molecule has 2 aromatic carbocycles. The van der Waals surface area contributed by atoms with Crippen molar-refractivity contribution in [2.75, 3.05) is 5.32 Å². The molecule has 4 rings (SSSR count). The summed E-state index contributed by atoms with van der Waals surface area (Å²) in [7, 11) is 0. The molecule has 170 valence electrons. The normalized spacial score (nSPS) is 13.8. The summed E-state index contributed by atoms with van der Waals surface area (Å²) in [5, 5.41) is 3.39. The van der Waals surface area contributed by atoms with Gasteiger partial charge >= 0.3 is 0 Å². The van der Waals surface area contributed by atoms with Gasteiger partial charge in [0.05, 0.1) is 10.9 Å². The van der Waals surface area contributed by atoms with Crippen molar-refractivity contribution in [2.24, 2.45) is 0 Å². The third-order valence-electron chi connectivity index (χ3n) is 5.54. The highest BCUT2D eigenvalue weighted by atomic mass is 35.5. The van der Waals surface area contributed by atoms with Crippen molar-refractivity contribution in [3.63, 3.8) is 0 Å². The number of fused-ring (bicyclic) bond motifs is 1. The lowest BCUT2D eigenvalue weighted by Crippen LogP contribution is -2.20. The summed E-state index contributed by atoms with van der Waals surface area (Å²) < 4.78 is 1.66. The zero-order valence-electron chi connectivity index (χ0n) is 18.4. The van der Waals surface area contributed by atoms with E-state index in [1.165, 1.54) is 18.7 Å². The summed E-state index contributed by atoms with van der Waals surface area (Å²) in [5.74, 6) is -0.402. The summed E-state index contributed by atoms with van der Waals surface area (Å²) in [6.07, 6.45) is 3.63. The monoisotopic (exact) mass is 481 g/mol. The second-order valence-corrected chi connectivity index (χ2v) is 9.77. The Bertz CT molecular complexity index is 1200. The van der Waals surface area contributed by atoms with E-state index in [1.54, 1.807) is 53.1 Å². The average Bonchev–Trinajstić information content (AvgIpc) is 3.16. The molecule has 1 aromatic heterocycles. The van der Waals surface area contributed by atoms with Gasteiger partial charge in [0.15, 0.2) is 10.9 Å². The van der Waals surface area contributed by atoms with Crippen molar-refractivity contribution in [3.8, 4) is 0 Å². The predicted molar refractivity (Wildman–Crippen MR) is 130 cm³/mol. The van der Waals surface area contributed by atoms with Crippen LogP contribution in [0.3, 0.4) is 0 Å². The van der Waals surface area contributed by atoms with E-state index in [-0.39, 0.29) is 17.6 Å². The first-order valence-electron chi connectivity index (χ1n) is 10.8. The first kappa shape index (κ1) is 23.3. The minimum absolute atomic E-state index is 0.0451. The maximum Gasteiger partial charge on any atom is 0.264 e. The lowest BCUT2D eigenvalue weighted by atomic mass is 10.0. The molecule has 0 saturated heterocycles. The maximum absolute atomic E-state index is 13.5. The highest BCUT2D eigenvalue weighted by molar-refractivity contribution is 8.00. The van der Waals surface area contributed by atoms with Crippen LogP contribution in [0, 0.1) is 0 Å². The molecule has 1 heterocycles. The van der Waals surface area contributed by atoms with Gasteiger partial charge in [-0.15, -0.1) is 0 Å². The topological polar surface area (TPSA) is 81.1 Å². The number of aromatic nitrogens is 2. The fourth-order valence-electron chi connectivity index (χ4n) is 3.89. The van der Waals surface area contributed by atoms with Gasteiger partial charge in [-0.1, -0.05) is 23.4 Å². The number of halogens is 1. The molecule has 8 heteroatoms. The number of hydrogen-bond donors (Lipinski definition) is 1. The van der Waals surface area contributed by atoms with Gasteiger partial charge in [0, 0.05) is 34.5 Å². The van der Waals surface area contributed by atoms with Crippen LogP contribution in [0.2, 0.25) is 5.02 Å². The smallest absolute Gasteiger partial charge is 0.264 e. The Morgan fingerprint density at radius 1 is 1.00 bits per heavy atom. The van der Waals surface area contributed by atoms with E-state index in [0.29, 0.717) is 27.0 Å². The number of aryl methyl sites for hydroxylation is 1. The van der Waals surface area contributed by atoms with E-state index in [9.17, 15) is 14.4 Å². The summed E-state index contributed by atoms with van der Waals surface area (Å²) in [4.78, 5) is 42.5. The Balaban J connectivity index is 1.63. The number of carbonyl (C=O) groups is 3. The van der Waals surface area contributed by atoms with E-state index in [0.717, 1.165) is 37.1 Å². The molecule has 0 aliphatic heterocycles. The van der Waals surface area contributed by atoms with Gasteiger partial charge in [-0.25, -0.2) is 4.98 Å². The van der Waals surface area contributed by atoms with Gasteiger partial charge in [-0.3, -0.25) is 19.0 Å². The number of imidazole rings is 1. The lowest BCUT2D eigenvalue weighted by molar-refractivity contribution is -0.114. The molecule has 1 aliphatic carbocycles. The third-order valence-corrected chi connectivity index (χ3v) is 6.84. The number of Topliss-reactive ketones (excluding diaryl/α,β-unsaturated/α-hetero) is 1. The van der Waals surface area contributed by atoms with E-state index in [2.05, 4.69) is 5.32 Å². The molecule has 0 saturated carbocycles. The van der Waals surface area contributed by atoms with Crippen molar-refractivity contribution >= 4 is 46.6 Å². The Hall–Kier alpha value is -2.90. The van der Waals surface area contributed by atoms with Crippen LogP contribution in [-0.4, -0.2) is 32.4 Å². The molecule has 0 radical (unpaired) electrons. The summed E-state index contributed by atoms with van der Waals surface area (Å²) in [5.41, 5.74) is 3.54. The number of rotatable bonds is 6. The van der Waals surface area contributed by atoms with Crippen LogP contribution in [0.15, 0.2) is 53.7 Å². The van der Waals surface area contributed by atoms with E-state index in [4.69, 9.17) is 16.6 Å². The average molecular weight is 482 g/mol. The zero-order chi connectivity index (χ0) is 23.5. The highest BCUT2D eigenvalue weighted by Crippen LogP contribution is 2.32. The van der Waals surface area contributed by atoms with Crippen LogP contribution in [0.1, 0.15) is 58.8 Å². The quantitative estimate of drug-likeness (QED) is 0.375. The minimum atomic E-state index is -0.427. The van der Waals surface area contributed by atoms with E-state index < -0.39 is 5.25 Å². The summed E-state index contributed by atoms with van der Waals surface area (Å²) in [6, 6.07) is 13.6. The molecule has 33 heavy (non-hydrogen) atoms. The summed E-state index contributed by atoms with van der Waals surface area (Å²) >= 11 is 7.24. The van der Waals surface area contributed by atoms with Crippen LogP contribution in [0.4, 0.5) is 5.69 Å². The molecule has 0 fully saturated rings. The Morgan fingerprint density at radius 3 is 2.30 bits per heavy atom. The predicted octanol–water partition coefficient (Wildman–Crippen LogP) is 5.43. The van der Waals surface area contributed by atoms with Crippen molar-refractivity contribution in [2.45, 2.75) is 49.9 Å². The van der Waals surface area contributed by atoms with E-state index in [1.807, 2.05) is 6.92 Å². The molecular formula is C25H24ClN3O3S. The second-order valence-electron chi connectivity index (χ2n) is 8.03. The van der Waals surface area contributed by atoms with Crippen molar-refractivity contribution < 1.29 is 14.4 Å². The molecule has 1 amide bonds. The van der Waals surface area contributed by atoms with Crippen LogP contribution in [0.5, 0.6) is 0 Å². The number of carbonyl (C=O) groups excluding carboxylic acids is 3. The van der Waals surface area contributed by atoms with Crippen LogP contribution >= 0.6 is 23.4 Å². The molecule has 1 atom stereocenters. The molecule has 1 aliphatic rings. The van der Waals surface area contributed by atoms with Crippen molar-refractivity contribution in [1.29, 1.82) is 0 Å². The van der Waals surface area contributed by atoms with Gasteiger partial charge in [-0.2, -0.15) is 0 Å². The number of nitrogens with zero attached hydrogens (tertiary/aromatic N) is 2. The molecular weight excluding hydrogens is 458 g/mol. The van der Waals surface area contributed by atoms with E-state index >= 15 is 0 Å². The zero-order valence-corrected chi connectivity index (χ0v) is 20.0. The lowest BCUT2D eigenvalue weighted by Gasteiger charge is -2.15. The largest absolute Gasteiger partial charge is 0.326 e. The fourth-order valence-corrected chi connectivity index (χ4v) is 5.04. The van der Waals surface area contributed by atoms with Crippen molar-refractivity contribution in [3.05, 3.63) is 76.1 Å². The number of anilines is 1. The van der Waals surface area contributed by atoms with Gasteiger partial charge < -0.3 is 5.32 Å². The van der Waals surface area contributed by atoms with Crippen LogP contribution in [0.25, 0.3) is 0 Å². The number of benzene rings is 2. The number of thioether (sulfide) groups is 1. The second kappa shape index (κ2) is 9.93. The number of ketones is 1. The Kier molecular flexibility index (Phi) is 7.00. The molecule has 0 spiro atoms. The van der Waals surface area contributed by atoms with Gasteiger partial charge in [0.25, 0.3) is 5.91 Å². The first-order chi connectivity index (χ1) is 15.8. The Labute approximate surface area is 201 Å². The molecule has 3 aromatic rings. The highest BCUT2D eigenvalue weighted by Gasteiger charge is 2.28. The molecule has 1 unspecified atom stereocenters. The minimum Gasteiger partial charge on any atom is -0.326 e. The molecule has 1 N–H and O–H groups in total. The van der Waals surface area contributed by atoms with Crippen LogP contribution in [-0.2, 0) is 17.6 Å². The van der Waals surface area contributed by atoms with Crippen molar-refractivity contribution in [1.82, 2.24) is 9.55 Å². The van der Waals surface area contributed by atoms with Gasteiger partial charge in [0.2, 0.25) is 5.91 Å². The third kappa shape index (κ3) is 5.20. The first-order valence-corrected chi connectivity index (χ1v) is 12.1. The van der Waals surface area contributed by atoms with Crippen LogP contribution < -0.4 is 5.32 Å². The summed E-state index contributed by atoms with van der Waals surface area (Å²) in [6.45, 7) is 3.26. The van der Waals surface area contributed by atoms with Gasteiger partial charge in [0.1, 0.15) is 0 Å². The number of amides is 1. The SMILES string of the molecule is CC(=O)Nc1ccc(C(=O)n2c(SC(C)C(=O)c3ccc(Cl)cc3)nc3c2CCCC3)cc1. The maximum atomic E-state index is 13.5. The number of nitrogens with one attached hydrogen (secondary N) is 1. The number of hydrogen-bond acceptors (Lipinski definition) is 5. The fraction of sp³-hybridized carbons (Fsp3) is 0.280. The van der Waals surface area contributed by atoms with Gasteiger partial charge in [-0.05, 0) is 81.1 Å². The standard InChI is InChI=1S/C25H24ClN3O3S/c1-15(23(31)17-7-11-19(26)12-8-17)33-25-28-21-5-3-4-6-22(21)29(25)24(32)18-9-13-20(14-10-18)27-16(2)30/h7-15H,3-6H2,1-2H3,(H,27,30). The Morgan fingerprint density at radius 2 is 1.64 bits per heavy atom. The molecule has 6 nitrogen and oxygen atoms in total.